The van der Waals surface area contributed by atoms with Gasteiger partial charge in [-0.2, -0.15) is 9.50 Å². The molecule has 0 unspecified atom stereocenters. The number of para-hydroxylation sites is 1. The van der Waals surface area contributed by atoms with Crippen molar-refractivity contribution in [3.05, 3.63) is 53.9 Å². The molecule has 6 nitrogen and oxygen atoms in total. The number of aromatic nitrogens is 4. The van der Waals surface area contributed by atoms with Crippen molar-refractivity contribution in [2.45, 2.75) is 29.2 Å². The molecule has 4 aromatic rings. The first-order valence-corrected chi connectivity index (χ1v) is 8.96. The predicted octanol–water partition coefficient (Wildman–Crippen LogP) is 3.61. The molecule has 1 aromatic carbocycles. The van der Waals surface area contributed by atoms with Gasteiger partial charge in [0.05, 0.1) is 12.0 Å². The van der Waals surface area contributed by atoms with E-state index in [1.165, 1.54) is 5.56 Å². The number of aryl methyl sites for hydroxylation is 1. The van der Waals surface area contributed by atoms with Gasteiger partial charge in [-0.25, -0.2) is 4.98 Å². The summed E-state index contributed by atoms with van der Waals surface area (Å²) in [5.41, 5.74) is 9.26. The van der Waals surface area contributed by atoms with E-state index in [-0.39, 0.29) is 0 Å². The lowest BCUT2D eigenvalue weighted by Crippen LogP contribution is -2.03. The average Bonchev–Trinajstić information content (AvgIpc) is 3.35. The average molecular weight is 349 g/mol. The van der Waals surface area contributed by atoms with Crippen molar-refractivity contribution >= 4 is 23.2 Å². The Morgan fingerprint density at radius 3 is 2.84 bits per heavy atom. The highest BCUT2D eigenvalue weighted by molar-refractivity contribution is 7.99. The van der Waals surface area contributed by atoms with E-state index in [0.717, 1.165) is 40.6 Å². The summed E-state index contributed by atoms with van der Waals surface area (Å²) < 4.78 is 7.25. The van der Waals surface area contributed by atoms with E-state index in [0.29, 0.717) is 17.4 Å². The SMILES string of the molecule is Nc1ccccc1Sc1c2c(nc3nc(-c4ccco4)nn13)CCC2. The molecule has 0 saturated carbocycles. The van der Waals surface area contributed by atoms with Crippen molar-refractivity contribution in [2.75, 3.05) is 5.73 Å². The number of hydrogen-bond donors (Lipinski definition) is 1. The van der Waals surface area contributed by atoms with E-state index in [1.807, 2.05) is 40.9 Å². The summed E-state index contributed by atoms with van der Waals surface area (Å²) in [6.07, 6.45) is 4.71. The Bertz CT molecular complexity index is 1070. The van der Waals surface area contributed by atoms with Gasteiger partial charge in [0, 0.05) is 16.1 Å². The van der Waals surface area contributed by atoms with E-state index in [9.17, 15) is 0 Å². The van der Waals surface area contributed by atoms with Gasteiger partial charge in [0.15, 0.2) is 5.76 Å². The summed E-state index contributed by atoms with van der Waals surface area (Å²) >= 11 is 1.62. The van der Waals surface area contributed by atoms with Gasteiger partial charge < -0.3 is 10.2 Å². The molecule has 0 fully saturated rings. The summed E-state index contributed by atoms with van der Waals surface area (Å²) in [7, 11) is 0. The van der Waals surface area contributed by atoms with Crippen molar-refractivity contribution in [1.29, 1.82) is 0 Å². The molecule has 0 bridgehead atoms. The third-order valence-corrected chi connectivity index (χ3v) is 5.54. The number of nitrogens with two attached hydrogens (primary N) is 1. The first kappa shape index (κ1) is 14.5. The van der Waals surface area contributed by atoms with Gasteiger partial charge in [-0.05, 0) is 43.5 Å². The third-order valence-electron chi connectivity index (χ3n) is 4.33. The second-order valence-electron chi connectivity index (χ2n) is 5.96. The molecule has 25 heavy (non-hydrogen) atoms. The van der Waals surface area contributed by atoms with Crippen LogP contribution in [0.1, 0.15) is 17.7 Å². The van der Waals surface area contributed by atoms with Crippen LogP contribution in [0.5, 0.6) is 0 Å². The van der Waals surface area contributed by atoms with Crippen LogP contribution in [0.2, 0.25) is 0 Å². The van der Waals surface area contributed by atoms with Crippen LogP contribution in [0.15, 0.2) is 57.0 Å². The normalized spacial score (nSPS) is 13.4. The number of nitrogen functional groups attached to an aromatic ring is 1. The van der Waals surface area contributed by atoms with Crippen LogP contribution in [0, 0.1) is 0 Å². The second-order valence-corrected chi connectivity index (χ2v) is 6.99. The molecule has 0 radical (unpaired) electrons. The summed E-state index contributed by atoms with van der Waals surface area (Å²) in [5.74, 6) is 1.79. The lowest BCUT2D eigenvalue weighted by atomic mass is 10.3. The number of benzene rings is 1. The largest absolute Gasteiger partial charge is 0.461 e. The van der Waals surface area contributed by atoms with Crippen molar-refractivity contribution < 1.29 is 4.42 Å². The Balaban J connectivity index is 1.71. The second kappa shape index (κ2) is 5.63. The smallest absolute Gasteiger partial charge is 0.254 e. The van der Waals surface area contributed by atoms with Gasteiger partial charge in [-0.3, -0.25) is 0 Å². The number of rotatable bonds is 3. The summed E-state index contributed by atoms with van der Waals surface area (Å²) in [6, 6.07) is 11.6. The zero-order valence-corrected chi connectivity index (χ0v) is 14.2. The molecule has 3 heterocycles. The number of furan rings is 1. The molecule has 0 spiro atoms. The number of nitrogens with zero attached hydrogens (tertiary/aromatic N) is 4. The molecule has 124 valence electrons. The van der Waals surface area contributed by atoms with Gasteiger partial charge >= 0.3 is 0 Å². The Morgan fingerprint density at radius 1 is 1.08 bits per heavy atom. The fourth-order valence-corrected chi connectivity index (χ4v) is 4.23. The minimum absolute atomic E-state index is 0.545. The maximum absolute atomic E-state index is 6.14. The standard InChI is InChI=1S/C18H15N5OS/c19-12-6-1-2-9-15(12)25-17-11-5-3-7-13(11)20-18-21-16(22-23(17)18)14-8-4-10-24-14/h1-2,4,6,8-10H,3,5,7,19H2. The summed E-state index contributed by atoms with van der Waals surface area (Å²) in [5, 5.41) is 5.69. The molecule has 1 aliphatic carbocycles. The van der Waals surface area contributed by atoms with Crippen molar-refractivity contribution in [3.63, 3.8) is 0 Å². The zero-order chi connectivity index (χ0) is 16.8. The lowest BCUT2D eigenvalue weighted by Gasteiger charge is -2.10. The van der Waals surface area contributed by atoms with Crippen molar-refractivity contribution in [2.24, 2.45) is 0 Å². The molecule has 0 amide bonds. The molecular weight excluding hydrogens is 334 g/mol. The first-order valence-electron chi connectivity index (χ1n) is 8.14. The zero-order valence-electron chi connectivity index (χ0n) is 13.3. The van der Waals surface area contributed by atoms with E-state index < -0.39 is 0 Å². The van der Waals surface area contributed by atoms with Crippen LogP contribution in [-0.2, 0) is 12.8 Å². The van der Waals surface area contributed by atoms with Gasteiger partial charge in [0.25, 0.3) is 5.78 Å². The maximum Gasteiger partial charge on any atom is 0.254 e. The highest BCUT2D eigenvalue weighted by atomic mass is 32.2. The minimum Gasteiger partial charge on any atom is -0.461 e. The molecule has 3 aromatic heterocycles. The first-order chi connectivity index (χ1) is 12.3. The van der Waals surface area contributed by atoms with Crippen LogP contribution < -0.4 is 5.73 Å². The highest BCUT2D eigenvalue weighted by Crippen LogP contribution is 2.38. The maximum atomic E-state index is 6.14. The monoisotopic (exact) mass is 349 g/mol. The molecule has 7 heteroatoms. The Morgan fingerprint density at radius 2 is 2.00 bits per heavy atom. The van der Waals surface area contributed by atoms with Crippen molar-refractivity contribution in [1.82, 2.24) is 19.6 Å². The molecule has 0 saturated heterocycles. The number of hydrogen-bond acceptors (Lipinski definition) is 6. The van der Waals surface area contributed by atoms with E-state index >= 15 is 0 Å². The molecule has 2 N–H and O–H groups in total. The molecular formula is C18H15N5OS. The van der Waals surface area contributed by atoms with Crippen LogP contribution in [0.3, 0.4) is 0 Å². The minimum atomic E-state index is 0.545. The quantitative estimate of drug-likeness (QED) is 0.449. The van der Waals surface area contributed by atoms with Gasteiger partial charge in [0.2, 0.25) is 5.82 Å². The van der Waals surface area contributed by atoms with Gasteiger partial charge in [-0.1, -0.05) is 23.9 Å². The fourth-order valence-electron chi connectivity index (χ4n) is 3.14. The summed E-state index contributed by atoms with van der Waals surface area (Å²) in [6.45, 7) is 0. The van der Waals surface area contributed by atoms with Gasteiger partial charge in [0.1, 0.15) is 5.03 Å². The van der Waals surface area contributed by atoms with Crippen LogP contribution in [-0.4, -0.2) is 19.6 Å². The van der Waals surface area contributed by atoms with E-state index in [1.54, 1.807) is 18.0 Å². The Labute approximate surface area is 148 Å². The molecule has 5 rings (SSSR count). The number of fused-ring (bicyclic) bond motifs is 2. The van der Waals surface area contributed by atoms with Crippen LogP contribution in [0.25, 0.3) is 17.4 Å². The molecule has 0 aliphatic heterocycles. The van der Waals surface area contributed by atoms with Gasteiger partial charge in [-0.15, -0.1) is 5.10 Å². The lowest BCUT2D eigenvalue weighted by molar-refractivity contribution is 0.577. The Hall–Kier alpha value is -2.80. The van der Waals surface area contributed by atoms with Crippen molar-refractivity contribution in [3.8, 4) is 11.6 Å². The summed E-state index contributed by atoms with van der Waals surface area (Å²) in [4.78, 5) is 10.3. The van der Waals surface area contributed by atoms with Crippen LogP contribution >= 0.6 is 11.8 Å². The third kappa shape index (κ3) is 2.39. The Kier molecular flexibility index (Phi) is 3.27. The highest BCUT2D eigenvalue weighted by Gasteiger charge is 2.23. The van der Waals surface area contributed by atoms with E-state index in [2.05, 4.69) is 10.1 Å². The van der Waals surface area contributed by atoms with Crippen LogP contribution in [0.4, 0.5) is 5.69 Å². The molecule has 1 aliphatic rings. The fraction of sp³-hybridized carbons (Fsp3) is 0.167. The van der Waals surface area contributed by atoms with E-state index in [4.69, 9.17) is 15.1 Å². The predicted molar refractivity (Wildman–Crippen MR) is 95.5 cm³/mol. The molecule has 0 atom stereocenters. The topological polar surface area (TPSA) is 82.2 Å². The number of anilines is 1.